The third-order valence-corrected chi connectivity index (χ3v) is 2.60. The Morgan fingerprint density at radius 1 is 1.50 bits per heavy atom. The summed E-state index contributed by atoms with van der Waals surface area (Å²) >= 11 is 0. The molecule has 72 valence electrons. The number of nitrogens with zero attached hydrogens (tertiary/aromatic N) is 1. The highest BCUT2D eigenvalue weighted by Gasteiger charge is 2.31. The van der Waals surface area contributed by atoms with Gasteiger partial charge in [-0.05, 0) is 6.42 Å². The van der Waals surface area contributed by atoms with Gasteiger partial charge in [0.25, 0.3) is 0 Å². The molecule has 0 saturated carbocycles. The molecule has 0 aromatic heterocycles. The van der Waals surface area contributed by atoms with Crippen LogP contribution in [0.2, 0.25) is 0 Å². The molecule has 1 saturated heterocycles. The Kier molecular flexibility index (Phi) is 3.46. The molecule has 0 amide bonds. The number of hydrogen-bond acceptors (Lipinski definition) is 4. The average Bonchev–Trinajstić information content (AvgIpc) is 2.18. The lowest BCUT2D eigenvalue weighted by Gasteiger charge is -2.40. The van der Waals surface area contributed by atoms with Crippen LogP contribution in [0, 0.1) is 0 Å². The lowest BCUT2D eigenvalue weighted by molar-refractivity contribution is -0.108. The molecule has 1 fully saturated rings. The molecule has 1 heterocycles. The Morgan fingerprint density at radius 2 is 2.08 bits per heavy atom. The van der Waals surface area contributed by atoms with Crippen molar-refractivity contribution in [1.82, 2.24) is 10.2 Å². The zero-order valence-corrected chi connectivity index (χ0v) is 7.71. The van der Waals surface area contributed by atoms with Crippen molar-refractivity contribution in [2.24, 2.45) is 5.73 Å². The molecule has 0 aromatic carbocycles. The van der Waals surface area contributed by atoms with Crippen molar-refractivity contribution in [3.05, 3.63) is 0 Å². The van der Waals surface area contributed by atoms with Gasteiger partial charge in [0.15, 0.2) is 0 Å². The van der Waals surface area contributed by atoms with Gasteiger partial charge in [0.1, 0.15) is 5.72 Å². The van der Waals surface area contributed by atoms with Crippen LogP contribution < -0.4 is 11.1 Å². The molecule has 1 aliphatic rings. The van der Waals surface area contributed by atoms with Crippen LogP contribution in [0.1, 0.15) is 13.3 Å². The molecular weight excluding hydrogens is 154 g/mol. The zero-order valence-electron chi connectivity index (χ0n) is 7.71. The highest BCUT2D eigenvalue weighted by atomic mass is 16.3. The Morgan fingerprint density at radius 3 is 2.50 bits per heavy atom. The van der Waals surface area contributed by atoms with Crippen LogP contribution >= 0.6 is 0 Å². The number of nitrogens with two attached hydrogens (primary N) is 1. The van der Waals surface area contributed by atoms with Crippen molar-refractivity contribution in [2.75, 3.05) is 32.7 Å². The molecule has 4 heteroatoms. The lowest BCUT2D eigenvalue weighted by atomic mass is 10.1. The quantitative estimate of drug-likeness (QED) is 0.509. The highest BCUT2D eigenvalue weighted by molar-refractivity contribution is 4.82. The van der Waals surface area contributed by atoms with Crippen LogP contribution in [0.15, 0.2) is 0 Å². The fourth-order valence-electron chi connectivity index (χ4n) is 1.58. The minimum absolute atomic E-state index is 0.323. The number of rotatable bonds is 3. The fraction of sp³-hybridized carbons (Fsp3) is 1.00. The van der Waals surface area contributed by atoms with E-state index in [1.165, 1.54) is 0 Å². The van der Waals surface area contributed by atoms with E-state index in [-0.39, 0.29) is 0 Å². The van der Waals surface area contributed by atoms with Crippen LogP contribution in [0.25, 0.3) is 0 Å². The molecule has 12 heavy (non-hydrogen) atoms. The van der Waals surface area contributed by atoms with E-state index in [1.807, 2.05) is 6.92 Å². The second kappa shape index (κ2) is 4.18. The Balaban J connectivity index is 2.51. The number of hydrogen-bond donors (Lipinski definition) is 3. The van der Waals surface area contributed by atoms with Gasteiger partial charge < -0.3 is 16.2 Å². The summed E-state index contributed by atoms with van der Waals surface area (Å²) in [5, 5.41) is 13.3. The van der Waals surface area contributed by atoms with Crippen LogP contribution in [-0.4, -0.2) is 48.5 Å². The van der Waals surface area contributed by atoms with Gasteiger partial charge in [0.2, 0.25) is 0 Å². The van der Waals surface area contributed by atoms with Crippen LogP contribution in [0.5, 0.6) is 0 Å². The maximum absolute atomic E-state index is 10.0. The monoisotopic (exact) mass is 173 g/mol. The predicted octanol–water partition coefficient (Wildman–Crippen LogP) is -1.05. The second-order valence-corrected chi connectivity index (χ2v) is 3.28. The summed E-state index contributed by atoms with van der Waals surface area (Å²) in [6, 6.07) is 0. The smallest absolute Gasteiger partial charge is 0.130 e. The van der Waals surface area contributed by atoms with Crippen molar-refractivity contribution in [3.8, 4) is 0 Å². The molecule has 0 radical (unpaired) electrons. The Labute approximate surface area is 73.7 Å². The summed E-state index contributed by atoms with van der Waals surface area (Å²) in [7, 11) is 0. The topological polar surface area (TPSA) is 61.5 Å². The molecule has 4 N–H and O–H groups in total. The van der Waals surface area contributed by atoms with Crippen molar-refractivity contribution in [2.45, 2.75) is 19.1 Å². The average molecular weight is 173 g/mol. The first kappa shape index (κ1) is 9.92. The van der Waals surface area contributed by atoms with Crippen molar-refractivity contribution in [3.63, 3.8) is 0 Å². The van der Waals surface area contributed by atoms with E-state index in [4.69, 9.17) is 5.73 Å². The first-order valence-corrected chi connectivity index (χ1v) is 4.61. The van der Waals surface area contributed by atoms with Gasteiger partial charge in [0, 0.05) is 32.7 Å². The van der Waals surface area contributed by atoms with Crippen LogP contribution in [0.4, 0.5) is 0 Å². The predicted molar refractivity (Wildman–Crippen MR) is 48.7 cm³/mol. The summed E-state index contributed by atoms with van der Waals surface area (Å²) < 4.78 is 0. The minimum Gasteiger partial charge on any atom is -0.374 e. The minimum atomic E-state index is -0.776. The third kappa shape index (κ3) is 1.95. The normalized spacial score (nSPS) is 25.2. The van der Waals surface area contributed by atoms with Crippen LogP contribution in [0.3, 0.4) is 0 Å². The molecule has 0 spiro atoms. The summed E-state index contributed by atoms with van der Waals surface area (Å²) in [5.74, 6) is 0. The van der Waals surface area contributed by atoms with Gasteiger partial charge in [-0.2, -0.15) is 0 Å². The Hall–Kier alpha value is -0.160. The van der Waals surface area contributed by atoms with Gasteiger partial charge in [-0.15, -0.1) is 0 Å². The van der Waals surface area contributed by atoms with Gasteiger partial charge in [-0.3, -0.25) is 4.90 Å². The molecule has 0 bridgehead atoms. The SMILES string of the molecule is CCC(O)(CN)N1CCNCC1. The largest absolute Gasteiger partial charge is 0.374 e. The molecule has 4 nitrogen and oxygen atoms in total. The first-order chi connectivity index (χ1) is 5.73. The first-order valence-electron chi connectivity index (χ1n) is 4.61. The van der Waals surface area contributed by atoms with E-state index in [1.54, 1.807) is 0 Å². The molecule has 1 aliphatic heterocycles. The Bertz CT molecular complexity index is 130. The summed E-state index contributed by atoms with van der Waals surface area (Å²) in [4.78, 5) is 2.06. The molecule has 1 rings (SSSR count). The summed E-state index contributed by atoms with van der Waals surface area (Å²) in [6.45, 7) is 5.96. The van der Waals surface area contributed by atoms with Gasteiger partial charge in [-0.1, -0.05) is 6.92 Å². The number of aliphatic hydroxyl groups is 1. The number of piperazine rings is 1. The maximum Gasteiger partial charge on any atom is 0.130 e. The summed E-state index contributed by atoms with van der Waals surface area (Å²) in [5.41, 5.74) is 4.76. The lowest BCUT2D eigenvalue weighted by Crippen LogP contribution is -2.59. The molecular formula is C8H19N3O. The van der Waals surface area contributed by atoms with E-state index >= 15 is 0 Å². The van der Waals surface area contributed by atoms with Gasteiger partial charge in [-0.25, -0.2) is 0 Å². The summed E-state index contributed by atoms with van der Waals surface area (Å²) in [6.07, 6.45) is 0.698. The van der Waals surface area contributed by atoms with Crippen LogP contribution in [-0.2, 0) is 0 Å². The standard InChI is InChI=1S/C8H19N3O/c1-2-8(12,7-9)11-5-3-10-4-6-11/h10,12H,2-7,9H2,1H3. The molecule has 1 unspecified atom stereocenters. The van der Waals surface area contributed by atoms with Crippen molar-refractivity contribution in [1.29, 1.82) is 0 Å². The molecule has 1 atom stereocenters. The maximum atomic E-state index is 10.0. The molecule has 0 aromatic rings. The van der Waals surface area contributed by atoms with Gasteiger partial charge in [0.05, 0.1) is 0 Å². The highest BCUT2D eigenvalue weighted by Crippen LogP contribution is 2.14. The van der Waals surface area contributed by atoms with E-state index < -0.39 is 5.72 Å². The van der Waals surface area contributed by atoms with E-state index in [0.717, 1.165) is 26.2 Å². The van der Waals surface area contributed by atoms with Crippen molar-refractivity contribution < 1.29 is 5.11 Å². The van der Waals surface area contributed by atoms with Crippen molar-refractivity contribution >= 4 is 0 Å². The molecule has 0 aliphatic carbocycles. The van der Waals surface area contributed by atoms with E-state index in [0.29, 0.717) is 13.0 Å². The number of nitrogens with one attached hydrogen (secondary N) is 1. The van der Waals surface area contributed by atoms with Gasteiger partial charge >= 0.3 is 0 Å². The zero-order chi connectivity index (χ0) is 9.03. The second-order valence-electron chi connectivity index (χ2n) is 3.28. The third-order valence-electron chi connectivity index (χ3n) is 2.60. The fourth-order valence-corrected chi connectivity index (χ4v) is 1.58. The van der Waals surface area contributed by atoms with E-state index in [9.17, 15) is 5.11 Å². The van der Waals surface area contributed by atoms with E-state index in [2.05, 4.69) is 10.2 Å².